The van der Waals surface area contributed by atoms with E-state index < -0.39 is 0 Å². The van der Waals surface area contributed by atoms with Crippen molar-refractivity contribution in [3.63, 3.8) is 0 Å². The Hall–Kier alpha value is -0.630. The summed E-state index contributed by atoms with van der Waals surface area (Å²) in [4.78, 5) is 0. The van der Waals surface area contributed by atoms with Crippen molar-refractivity contribution in [2.75, 3.05) is 13.2 Å². The Labute approximate surface area is 95.5 Å². The van der Waals surface area contributed by atoms with Gasteiger partial charge in [0.2, 0.25) is 0 Å². The van der Waals surface area contributed by atoms with E-state index in [2.05, 4.69) is 6.07 Å². The van der Waals surface area contributed by atoms with Gasteiger partial charge in [0.05, 0.1) is 37.6 Å². The Morgan fingerprint density at radius 3 is 3.19 bits per heavy atom. The van der Waals surface area contributed by atoms with Crippen LogP contribution in [0.3, 0.4) is 0 Å². The first kappa shape index (κ1) is 10.5. The molecule has 0 aromatic rings. The van der Waals surface area contributed by atoms with Crippen LogP contribution in [0.2, 0.25) is 0 Å². The first-order valence-electron chi connectivity index (χ1n) is 6.10. The first-order chi connectivity index (χ1) is 7.82. The number of nitrogens with zero attached hydrogens (tertiary/aromatic N) is 1. The second-order valence-corrected chi connectivity index (χ2v) is 5.04. The molecule has 2 bridgehead atoms. The van der Waals surface area contributed by atoms with Gasteiger partial charge in [-0.3, -0.25) is 0 Å². The highest BCUT2D eigenvalue weighted by Gasteiger charge is 2.55. The summed E-state index contributed by atoms with van der Waals surface area (Å²) < 4.78 is 17.6. The van der Waals surface area contributed by atoms with Crippen molar-refractivity contribution in [3.8, 4) is 6.07 Å². The minimum atomic E-state index is -0.193. The lowest BCUT2D eigenvalue weighted by Gasteiger charge is -2.42. The maximum atomic E-state index is 8.60. The van der Waals surface area contributed by atoms with Crippen LogP contribution in [0.5, 0.6) is 0 Å². The molecule has 0 aromatic heterocycles. The van der Waals surface area contributed by atoms with Crippen molar-refractivity contribution < 1.29 is 14.2 Å². The molecule has 0 aromatic carbocycles. The molecule has 3 saturated heterocycles. The molecule has 16 heavy (non-hydrogen) atoms. The number of ether oxygens (including phenoxy) is 3. The van der Waals surface area contributed by atoms with E-state index in [4.69, 9.17) is 19.5 Å². The Kier molecular flexibility index (Phi) is 2.62. The molecule has 3 aliphatic rings. The molecule has 0 amide bonds. The van der Waals surface area contributed by atoms with Crippen molar-refractivity contribution in [3.05, 3.63) is 0 Å². The van der Waals surface area contributed by atoms with Crippen LogP contribution in [0.15, 0.2) is 0 Å². The first-order valence-corrected chi connectivity index (χ1v) is 6.10. The zero-order valence-electron chi connectivity index (χ0n) is 9.35. The fraction of sp³-hybridized carbons (Fsp3) is 0.917. The van der Waals surface area contributed by atoms with E-state index in [0.29, 0.717) is 19.6 Å². The number of hydrogen-bond acceptors (Lipinski definition) is 4. The lowest BCUT2D eigenvalue weighted by Crippen LogP contribution is -2.52. The molecule has 1 spiro atoms. The van der Waals surface area contributed by atoms with Gasteiger partial charge in [0.15, 0.2) is 0 Å². The van der Waals surface area contributed by atoms with E-state index in [1.165, 1.54) is 0 Å². The van der Waals surface area contributed by atoms with Gasteiger partial charge in [0, 0.05) is 12.8 Å². The van der Waals surface area contributed by atoms with Crippen molar-refractivity contribution in [2.45, 2.75) is 56.0 Å². The number of nitriles is 1. The molecule has 4 nitrogen and oxygen atoms in total. The summed E-state index contributed by atoms with van der Waals surface area (Å²) >= 11 is 0. The van der Waals surface area contributed by atoms with Crippen LogP contribution in [0.4, 0.5) is 0 Å². The molecule has 4 atom stereocenters. The summed E-state index contributed by atoms with van der Waals surface area (Å²) in [6, 6.07) is 2.19. The van der Waals surface area contributed by atoms with Gasteiger partial charge < -0.3 is 14.2 Å². The molecular formula is C12H17NO3. The molecule has 3 fully saturated rings. The normalized spacial score (nSPS) is 46.1. The monoisotopic (exact) mass is 223 g/mol. The number of fused-ring (bicyclic) bond motifs is 1. The van der Waals surface area contributed by atoms with Gasteiger partial charge in [-0.2, -0.15) is 5.26 Å². The third-order valence-corrected chi connectivity index (χ3v) is 3.90. The standard InChI is InChI=1S/C12H17NO3/c13-5-1-2-9-3-4-11-12(16-9)6-10(15-11)7-14-8-12/h9-11H,1-4,6-8H2. The number of rotatable bonds is 2. The summed E-state index contributed by atoms with van der Waals surface area (Å²) in [6.45, 7) is 1.38. The van der Waals surface area contributed by atoms with Gasteiger partial charge in [0.25, 0.3) is 0 Å². The highest BCUT2D eigenvalue weighted by Crippen LogP contribution is 2.44. The second-order valence-electron chi connectivity index (χ2n) is 5.04. The lowest BCUT2D eigenvalue weighted by molar-refractivity contribution is -0.184. The molecule has 4 heteroatoms. The van der Waals surface area contributed by atoms with Crippen LogP contribution in [0.25, 0.3) is 0 Å². The fourth-order valence-electron chi connectivity index (χ4n) is 3.18. The maximum Gasteiger partial charge on any atom is 0.120 e. The molecule has 0 N–H and O–H groups in total. The third-order valence-electron chi connectivity index (χ3n) is 3.90. The molecule has 88 valence electrons. The van der Waals surface area contributed by atoms with Crippen molar-refractivity contribution in [2.24, 2.45) is 0 Å². The molecule has 4 unspecified atom stereocenters. The molecule has 3 rings (SSSR count). The van der Waals surface area contributed by atoms with Crippen LogP contribution in [-0.2, 0) is 14.2 Å². The maximum absolute atomic E-state index is 8.60. The molecule has 0 radical (unpaired) electrons. The van der Waals surface area contributed by atoms with E-state index in [-0.39, 0.29) is 23.9 Å². The minimum Gasteiger partial charge on any atom is -0.376 e. The van der Waals surface area contributed by atoms with Crippen LogP contribution in [-0.4, -0.2) is 37.1 Å². The van der Waals surface area contributed by atoms with Gasteiger partial charge >= 0.3 is 0 Å². The fourth-order valence-corrected chi connectivity index (χ4v) is 3.18. The Bertz CT molecular complexity index is 314. The molecular weight excluding hydrogens is 206 g/mol. The summed E-state index contributed by atoms with van der Waals surface area (Å²) in [5.41, 5.74) is -0.193. The van der Waals surface area contributed by atoms with Gasteiger partial charge in [-0.15, -0.1) is 0 Å². The highest BCUT2D eigenvalue weighted by molar-refractivity contribution is 5.03. The molecule has 3 heterocycles. The van der Waals surface area contributed by atoms with Crippen molar-refractivity contribution >= 4 is 0 Å². The van der Waals surface area contributed by atoms with E-state index >= 15 is 0 Å². The average Bonchev–Trinajstić information content (AvgIpc) is 2.55. The largest absolute Gasteiger partial charge is 0.376 e. The summed E-state index contributed by atoms with van der Waals surface area (Å²) in [5, 5.41) is 8.60. The predicted molar refractivity (Wildman–Crippen MR) is 55.8 cm³/mol. The van der Waals surface area contributed by atoms with Crippen molar-refractivity contribution in [1.29, 1.82) is 5.26 Å². The van der Waals surface area contributed by atoms with Crippen molar-refractivity contribution in [1.82, 2.24) is 0 Å². The molecule has 0 aliphatic carbocycles. The summed E-state index contributed by atoms with van der Waals surface area (Å²) in [6.07, 6.45) is 5.13. The van der Waals surface area contributed by atoms with Crippen LogP contribution < -0.4 is 0 Å². The minimum absolute atomic E-state index is 0.193. The van der Waals surface area contributed by atoms with E-state index in [9.17, 15) is 0 Å². The van der Waals surface area contributed by atoms with Gasteiger partial charge in [-0.1, -0.05) is 0 Å². The van der Waals surface area contributed by atoms with Gasteiger partial charge in [0.1, 0.15) is 5.60 Å². The Balaban J connectivity index is 1.69. The number of hydrogen-bond donors (Lipinski definition) is 0. The van der Waals surface area contributed by atoms with E-state index in [0.717, 1.165) is 25.7 Å². The topological polar surface area (TPSA) is 51.5 Å². The van der Waals surface area contributed by atoms with E-state index in [1.54, 1.807) is 0 Å². The zero-order chi connectivity index (χ0) is 11.0. The SMILES string of the molecule is N#CCCC1CCC2OC3COCC2(C3)O1. The highest BCUT2D eigenvalue weighted by atomic mass is 16.6. The summed E-state index contributed by atoms with van der Waals surface area (Å²) in [7, 11) is 0. The van der Waals surface area contributed by atoms with Crippen LogP contribution in [0.1, 0.15) is 32.1 Å². The van der Waals surface area contributed by atoms with E-state index in [1.807, 2.05) is 0 Å². The molecule has 3 aliphatic heterocycles. The Morgan fingerprint density at radius 2 is 2.31 bits per heavy atom. The second kappa shape index (κ2) is 3.99. The Morgan fingerprint density at radius 1 is 1.38 bits per heavy atom. The quantitative estimate of drug-likeness (QED) is 0.710. The zero-order valence-corrected chi connectivity index (χ0v) is 9.35. The van der Waals surface area contributed by atoms with Crippen LogP contribution in [0, 0.1) is 11.3 Å². The van der Waals surface area contributed by atoms with Crippen LogP contribution >= 0.6 is 0 Å². The van der Waals surface area contributed by atoms with Gasteiger partial charge in [-0.25, -0.2) is 0 Å². The third kappa shape index (κ3) is 1.64. The predicted octanol–water partition coefficient (Wildman–Crippen LogP) is 1.40. The average molecular weight is 223 g/mol. The summed E-state index contributed by atoms with van der Waals surface area (Å²) in [5.74, 6) is 0. The molecule has 0 saturated carbocycles. The van der Waals surface area contributed by atoms with Gasteiger partial charge in [-0.05, 0) is 19.3 Å². The lowest BCUT2D eigenvalue weighted by atomic mass is 9.85. The smallest absolute Gasteiger partial charge is 0.120 e.